The summed E-state index contributed by atoms with van der Waals surface area (Å²) in [5.74, 6) is 0.901. The fourth-order valence-corrected chi connectivity index (χ4v) is 3.07. The maximum Gasteiger partial charge on any atom is 0.0987 e. The van der Waals surface area contributed by atoms with Gasteiger partial charge in [0.15, 0.2) is 0 Å². The Morgan fingerprint density at radius 2 is 2.33 bits per heavy atom. The Morgan fingerprint density at radius 3 is 3.00 bits per heavy atom. The standard InChI is InChI=1S/C15H24N2O/c1-4-7-17-14(5-6-16-17)15(18)13-9-11(2)8-12(3)10-13/h5-6,8,11,13,15,18H,4,7,9-10H2,1-3H3. The lowest BCUT2D eigenvalue weighted by molar-refractivity contribution is 0.0846. The summed E-state index contributed by atoms with van der Waals surface area (Å²) in [5, 5.41) is 14.9. The number of aryl methyl sites for hydroxylation is 1. The van der Waals surface area contributed by atoms with Gasteiger partial charge in [-0.3, -0.25) is 4.68 Å². The molecule has 1 aromatic heterocycles. The minimum atomic E-state index is -0.384. The zero-order chi connectivity index (χ0) is 13.1. The van der Waals surface area contributed by atoms with Gasteiger partial charge in [-0.1, -0.05) is 25.5 Å². The van der Waals surface area contributed by atoms with Crippen LogP contribution in [0.1, 0.15) is 51.8 Å². The molecule has 0 bridgehead atoms. The fourth-order valence-electron chi connectivity index (χ4n) is 3.07. The van der Waals surface area contributed by atoms with Gasteiger partial charge in [0, 0.05) is 12.7 Å². The summed E-state index contributed by atoms with van der Waals surface area (Å²) in [7, 11) is 0. The van der Waals surface area contributed by atoms with Gasteiger partial charge in [0.05, 0.1) is 11.8 Å². The Bertz CT molecular complexity index is 422. The van der Waals surface area contributed by atoms with E-state index >= 15 is 0 Å². The molecule has 0 aromatic carbocycles. The van der Waals surface area contributed by atoms with Crippen molar-refractivity contribution in [1.29, 1.82) is 0 Å². The van der Waals surface area contributed by atoms with Crippen LogP contribution in [0.5, 0.6) is 0 Å². The quantitative estimate of drug-likeness (QED) is 0.830. The van der Waals surface area contributed by atoms with Crippen LogP contribution >= 0.6 is 0 Å². The second-order valence-electron chi connectivity index (χ2n) is 5.61. The van der Waals surface area contributed by atoms with Crippen LogP contribution in [0.2, 0.25) is 0 Å². The predicted octanol–water partition coefficient (Wildman–Crippen LogP) is 3.32. The molecule has 1 aliphatic rings. The molecule has 1 heterocycles. The zero-order valence-electron chi connectivity index (χ0n) is 11.6. The van der Waals surface area contributed by atoms with Gasteiger partial charge in [-0.05, 0) is 44.1 Å². The van der Waals surface area contributed by atoms with E-state index in [0.29, 0.717) is 11.8 Å². The Balaban J connectivity index is 2.13. The third-order valence-corrected chi connectivity index (χ3v) is 3.76. The Hall–Kier alpha value is -1.09. The molecule has 0 aliphatic heterocycles. The molecule has 0 radical (unpaired) electrons. The molecule has 3 nitrogen and oxygen atoms in total. The van der Waals surface area contributed by atoms with Crippen molar-refractivity contribution in [3.8, 4) is 0 Å². The molecule has 1 aliphatic carbocycles. The van der Waals surface area contributed by atoms with Crippen molar-refractivity contribution in [2.75, 3.05) is 0 Å². The number of aliphatic hydroxyl groups excluding tert-OH is 1. The Kier molecular flexibility index (Phi) is 4.23. The highest BCUT2D eigenvalue weighted by Crippen LogP contribution is 2.36. The summed E-state index contributed by atoms with van der Waals surface area (Å²) < 4.78 is 1.95. The maximum atomic E-state index is 10.6. The molecule has 1 aromatic rings. The van der Waals surface area contributed by atoms with E-state index in [9.17, 15) is 5.11 Å². The lowest BCUT2D eigenvalue weighted by atomic mass is 9.80. The van der Waals surface area contributed by atoms with E-state index in [4.69, 9.17) is 0 Å². The van der Waals surface area contributed by atoms with Crippen molar-refractivity contribution in [1.82, 2.24) is 9.78 Å². The number of nitrogens with zero attached hydrogens (tertiary/aromatic N) is 2. The van der Waals surface area contributed by atoms with Crippen LogP contribution in [0.15, 0.2) is 23.9 Å². The van der Waals surface area contributed by atoms with Crippen LogP contribution in [0.25, 0.3) is 0 Å². The van der Waals surface area contributed by atoms with Gasteiger partial charge in [-0.2, -0.15) is 5.10 Å². The first-order valence-electron chi connectivity index (χ1n) is 6.99. The lowest BCUT2D eigenvalue weighted by Crippen LogP contribution is -2.22. The molecule has 3 heteroatoms. The van der Waals surface area contributed by atoms with E-state index in [0.717, 1.165) is 31.5 Å². The Labute approximate surface area is 110 Å². The monoisotopic (exact) mass is 248 g/mol. The number of aromatic nitrogens is 2. The van der Waals surface area contributed by atoms with E-state index in [1.165, 1.54) is 5.57 Å². The van der Waals surface area contributed by atoms with E-state index in [-0.39, 0.29) is 6.10 Å². The molecule has 0 saturated heterocycles. The van der Waals surface area contributed by atoms with Crippen LogP contribution in [0, 0.1) is 11.8 Å². The molecule has 2 rings (SSSR count). The van der Waals surface area contributed by atoms with Gasteiger partial charge in [-0.25, -0.2) is 0 Å². The summed E-state index contributed by atoms with van der Waals surface area (Å²) in [6, 6.07) is 1.96. The van der Waals surface area contributed by atoms with Crippen molar-refractivity contribution < 1.29 is 5.11 Å². The summed E-state index contributed by atoms with van der Waals surface area (Å²) in [5.41, 5.74) is 2.38. The molecule has 0 saturated carbocycles. The first kappa shape index (κ1) is 13.3. The number of aliphatic hydroxyl groups is 1. The molecular formula is C15H24N2O. The summed E-state index contributed by atoms with van der Waals surface area (Å²) in [4.78, 5) is 0. The van der Waals surface area contributed by atoms with Gasteiger partial charge in [0.25, 0.3) is 0 Å². The van der Waals surface area contributed by atoms with Gasteiger partial charge in [-0.15, -0.1) is 0 Å². The van der Waals surface area contributed by atoms with E-state index in [1.54, 1.807) is 6.20 Å². The fraction of sp³-hybridized carbons (Fsp3) is 0.667. The van der Waals surface area contributed by atoms with Crippen molar-refractivity contribution in [2.24, 2.45) is 11.8 Å². The number of rotatable bonds is 4. The van der Waals surface area contributed by atoms with Crippen LogP contribution in [-0.2, 0) is 6.54 Å². The number of hydrogen-bond acceptors (Lipinski definition) is 2. The lowest BCUT2D eigenvalue weighted by Gasteiger charge is -2.29. The smallest absolute Gasteiger partial charge is 0.0987 e. The highest BCUT2D eigenvalue weighted by molar-refractivity contribution is 5.12. The third-order valence-electron chi connectivity index (χ3n) is 3.76. The molecule has 100 valence electrons. The normalized spacial score (nSPS) is 25.9. The van der Waals surface area contributed by atoms with Crippen molar-refractivity contribution in [3.63, 3.8) is 0 Å². The molecule has 3 unspecified atom stereocenters. The Morgan fingerprint density at radius 1 is 1.56 bits per heavy atom. The average molecular weight is 248 g/mol. The SMILES string of the molecule is CCCn1nccc1C(O)C1CC(C)=CC(C)C1. The van der Waals surface area contributed by atoms with E-state index in [1.807, 2.05) is 10.7 Å². The van der Waals surface area contributed by atoms with Crippen molar-refractivity contribution in [2.45, 2.75) is 52.7 Å². The maximum absolute atomic E-state index is 10.6. The minimum Gasteiger partial charge on any atom is -0.387 e. The highest BCUT2D eigenvalue weighted by Gasteiger charge is 2.27. The molecule has 0 spiro atoms. The number of hydrogen-bond donors (Lipinski definition) is 1. The van der Waals surface area contributed by atoms with Crippen molar-refractivity contribution >= 4 is 0 Å². The van der Waals surface area contributed by atoms with E-state index < -0.39 is 0 Å². The first-order chi connectivity index (χ1) is 8.61. The predicted molar refractivity (Wildman–Crippen MR) is 73.1 cm³/mol. The molecule has 0 amide bonds. The van der Waals surface area contributed by atoms with Crippen molar-refractivity contribution in [3.05, 3.63) is 29.6 Å². The first-order valence-corrected chi connectivity index (χ1v) is 6.99. The van der Waals surface area contributed by atoms with Crippen LogP contribution in [0.4, 0.5) is 0 Å². The van der Waals surface area contributed by atoms with Crippen LogP contribution < -0.4 is 0 Å². The largest absolute Gasteiger partial charge is 0.387 e. The van der Waals surface area contributed by atoms with Gasteiger partial charge < -0.3 is 5.11 Å². The zero-order valence-corrected chi connectivity index (χ0v) is 11.6. The third kappa shape index (κ3) is 2.83. The molecule has 3 atom stereocenters. The van der Waals surface area contributed by atoms with Gasteiger partial charge >= 0.3 is 0 Å². The average Bonchev–Trinajstić information content (AvgIpc) is 2.75. The highest BCUT2D eigenvalue weighted by atomic mass is 16.3. The minimum absolute atomic E-state index is 0.331. The van der Waals surface area contributed by atoms with E-state index in [2.05, 4.69) is 31.9 Å². The summed E-state index contributed by atoms with van der Waals surface area (Å²) >= 11 is 0. The summed E-state index contributed by atoms with van der Waals surface area (Å²) in [6.45, 7) is 7.41. The molecule has 18 heavy (non-hydrogen) atoms. The molecule has 1 N–H and O–H groups in total. The molecular weight excluding hydrogens is 224 g/mol. The molecule has 0 fully saturated rings. The second kappa shape index (κ2) is 5.70. The van der Waals surface area contributed by atoms with Crippen LogP contribution in [-0.4, -0.2) is 14.9 Å². The summed E-state index contributed by atoms with van der Waals surface area (Å²) in [6.07, 6.45) is 6.85. The topological polar surface area (TPSA) is 38.0 Å². The van der Waals surface area contributed by atoms with Gasteiger partial charge in [0.2, 0.25) is 0 Å². The van der Waals surface area contributed by atoms with Gasteiger partial charge in [0.1, 0.15) is 0 Å². The number of allylic oxidation sites excluding steroid dienone is 2. The second-order valence-corrected chi connectivity index (χ2v) is 5.61. The van der Waals surface area contributed by atoms with Crippen LogP contribution in [0.3, 0.4) is 0 Å².